The summed E-state index contributed by atoms with van der Waals surface area (Å²) in [7, 11) is 0. The topological polar surface area (TPSA) is 21.1 Å². The summed E-state index contributed by atoms with van der Waals surface area (Å²) in [5, 5.41) is 3.77. The molecule has 0 aliphatic carbocycles. The lowest BCUT2D eigenvalue weighted by molar-refractivity contribution is 0.0545. The van der Waals surface area contributed by atoms with Gasteiger partial charge in [-0.1, -0.05) is 24.3 Å². The van der Waals surface area contributed by atoms with Crippen molar-refractivity contribution in [1.29, 1.82) is 0 Å². The molecule has 3 nitrogen and oxygen atoms in total. The Morgan fingerprint density at radius 1 is 1.09 bits per heavy atom. The summed E-state index contributed by atoms with van der Waals surface area (Å²) < 4.78 is 26.3. The highest BCUT2D eigenvalue weighted by Crippen LogP contribution is 2.29. The SMILES string of the molecule is Cc1c(-c2ccc(C(C)N3CCCC3)cc2)cnn1C(F)F. The molecule has 1 aliphatic heterocycles. The summed E-state index contributed by atoms with van der Waals surface area (Å²) in [6.07, 6.45) is 4.06. The highest BCUT2D eigenvalue weighted by atomic mass is 19.3. The third-order valence-corrected chi connectivity index (χ3v) is 4.62. The van der Waals surface area contributed by atoms with E-state index in [1.807, 2.05) is 12.1 Å². The Labute approximate surface area is 129 Å². The number of hydrogen-bond donors (Lipinski definition) is 0. The maximum atomic E-state index is 12.8. The fourth-order valence-electron chi connectivity index (χ4n) is 3.18. The Balaban J connectivity index is 1.82. The quantitative estimate of drug-likeness (QED) is 0.834. The average Bonchev–Trinajstić information content (AvgIpc) is 3.16. The first kappa shape index (κ1) is 15.2. The van der Waals surface area contributed by atoms with E-state index in [1.165, 1.54) is 24.6 Å². The first-order valence-corrected chi connectivity index (χ1v) is 7.74. The molecule has 0 bridgehead atoms. The molecular weight excluding hydrogens is 284 g/mol. The van der Waals surface area contributed by atoms with Crippen LogP contribution in [0.5, 0.6) is 0 Å². The minimum atomic E-state index is -2.59. The molecule has 1 aromatic heterocycles. The van der Waals surface area contributed by atoms with Crippen molar-refractivity contribution < 1.29 is 8.78 Å². The van der Waals surface area contributed by atoms with Crippen molar-refractivity contribution >= 4 is 0 Å². The van der Waals surface area contributed by atoms with Crippen molar-refractivity contribution in [3.8, 4) is 11.1 Å². The Morgan fingerprint density at radius 3 is 2.27 bits per heavy atom. The summed E-state index contributed by atoms with van der Waals surface area (Å²) in [6.45, 7) is 3.62. The van der Waals surface area contributed by atoms with Crippen LogP contribution in [0.3, 0.4) is 0 Å². The molecule has 0 radical (unpaired) electrons. The fourth-order valence-corrected chi connectivity index (χ4v) is 3.18. The molecule has 2 heterocycles. The molecule has 1 aliphatic rings. The van der Waals surface area contributed by atoms with E-state index in [1.54, 1.807) is 6.92 Å². The van der Waals surface area contributed by atoms with Gasteiger partial charge in [0.2, 0.25) is 0 Å². The number of rotatable bonds is 4. The van der Waals surface area contributed by atoms with Crippen LogP contribution < -0.4 is 0 Å². The summed E-state index contributed by atoms with van der Waals surface area (Å²) in [4.78, 5) is 2.48. The van der Waals surface area contributed by atoms with E-state index in [-0.39, 0.29) is 0 Å². The predicted octanol–water partition coefficient (Wildman–Crippen LogP) is 4.41. The van der Waals surface area contributed by atoms with E-state index < -0.39 is 6.55 Å². The van der Waals surface area contributed by atoms with Crippen LogP contribution in [0.15, 0.2) is 30.5 Å². The average molecular weight is 305 g/mol. The van der Waals surface area contributed by atoms with Gasteiger partial charge in [0.05, 0.1) is 6.20 Å². The zero-order chi connectivity index (χ0) is 15.7. The molecule has 1 unspecified atom stereocenters. The molecule has 5 heteroatoms. The van der Waals surface area contributed by atoms with Crippen LogP contribution in [0.2, 0.25) is 0 Å². The lowest BCUT2D eigenvalue weighted by atomic mass is 10.0. The maximum Gasteiger partial charge on any atom is 0.333 e. The van der Waals surface area contributed by atoms with Crippen molar-refractivity contribution in [2.45, 2.75) is 39.3 Å². The Morgan fingerprint density at radius 2 is 1.73 bits per heavy atom. The number of aromatic nitrogens is 2. The normalized spacial score (nSPS) is 17.3. The zero-order valence-electron chi connectivity index (χ0n) is 13.0. The summed E-state index contributed by atoms with van der Waals surface area (Å²) >= 11 is 0. The number of hydrogen-bond acceptors (Lipinski definition) is 2. The summed E-state index contributed by atoms with van der Waals surface area (Å²) in [6, 6.07) is 8.60. The summed E-state index contributed by atoms with van der Waals surface area (Å²) in [5.41, 5.74) is 3.46. The molecule has 1 atom stereocenters. The van der Waals surface area contributed by atoms with Gasteiger partial charge in [0, 0.05) is 17.3 Å². The van der Waals surface area contributed by atoms with Gasteiger partial charge in [0.1, 0.15) is 0 Å². The minimum Gasteiger partial charge on any atom is -0.297 e. The summed E-state index contributed by atoms with van der Waals surface area (Å²) in [5.74, 6) is 0. The molecule has 1 aromatic carbocycles. The van der Waals surface area contributed by atoms with Gasteiger partial charge in [-0.15, -0.1) is 0 Å². The van der Waals surface area contributed by atoms with E-state index in [0.717, 1.165) is 28.9 Å². The third kappa shape index (κ3) is 2.77. The van der Waals surface area contributed by atoms with E-state index in [9.17, 15) is 8.78 Å². The van der Waals surface area contributed by atoms with Crippen LogP contribution in [0.25, 0.3) is 11.1 Å². The highest BCUT2D eigenvalue weighted by Gasteiger charge is 2.20. The van der Waals surface area contributed by atoms with E-state index in [0.29, 0.717) is 11.7 Å². The lowest BCUT2D eigenvalue weighted by Crippen LogP contribution is -2.23. The molecule has 0 N–H and O–H groups in total. The van der Waals surface area contributed by atoms with Crippen LogP contribution >= 0.6 is 0 Å². The number of nitrogens with zero attached hydrogens (tertiary/aromatic N) is 3. The van der Waals surface area contributed by atoms with E-state index in [2.05, 4.69) is 29.1 Å². The van der Waals surface area contributed by atoms with Gasteiger partial charge in [-0.2, -0.15) is 13.9 Å². The Hall–Kier alpha value is -1.75. The molecule has 0 amide bonds. The van der Waals surface area contributed by atoms with Crippen LogP contribution in [0, 0.1) is 6.92 Å². The standard InChI is InChI=1S/C17H21F2N3/c1-12(21-9-3-4-10-21)14-5-7-15(8-6-14)16-11-20-22(13(16)2)17(18)19/h5-8,11-12,17H,3-4,9-10H2,1-2H3. The second-order valence-electron chi connectivity index (χ2n) is 5.91. The predicted molar refractivity (Wildman–Crippen MR) is 82.9 cm³/mol. The fraction of sp³-hybridized carbons (Fsp3) is 0.471. The highest BCUT2D eigenvalue weighted by molar-refractivity contribution is 5.65. The molecule has 22 heavy (non-hydrogen) atoms. The monoisotopic (exact) mass is 305 g/mol. The minimum absolute atomic E-state index is 0.404. The van der Waals surface area contributed by atoms with Gasteiger partial charge < -0.3 is 0 Å². The van der Waals surface area contributed by atoms with Crippen molar-refractivity contribution in [3.05, 3.63) is 41.7 Å². The number of benzene rings is 1. The van der Waals surface area contributed by atoms with Crippen molar-refractivity contribution in [2.75, 3.05) is 13.1 Å². The van der Waals surface area contributed by atoms with Gasteiger partial charge in [0.15, 0.2) is 0 Å². The molecule has 118 valence electrons. The molecule has 0 spiro atoms. The van der Waals surface area contributed by atoms with E-state index >= 15 is 0 Å². The van der Waals surface area contributed by atoms with Crippen LogP contribution in [0.1, 0.15) is 43.6 Å². The largest absolute Gasteiger partial charge is 0.333 e. The first-order valence-electron chi connectivity index (χ1n) is 7.74. The van der Waals surface area contributed by atoms with Crippen molar-refractivity contribution in [3.63, 3.8) is 0 Å². The second kappa shape index (κ2) is 6.16. The van der Waals surface area contributed by atoms with Gasteiger partial charge in [-0.25, -0.2) is 4.68 Å². The lowest BCUT2D eigenvalue weighted by Gasteiger charge is -2.24. The van der Waals surface area contributed by atoms with Gasteiger partial charge in [-0.3, -0.25) is 4.90 Å². The molecule has 0 saturated carbocycles. The van der Waals surface area contributed by atoms with Gasteiger partial charge in [-0.05, 0) is 50.9 Å². The smallest absolute Gasteiger partial charge is 0.297 e. The molecule has 3 rings (SSSR count). The first-order chi connectivity index (χ1) is 10.6. The molecular formula is C17H21F2N3. The second-order valence-corrected chi connectivity index (χ2v) is 5.91. The van der Waals surface area contributed by atoms with Crippen LogP contribution in [-0.2, 0) is 0 Å². The van der Waals surface area contributed by atoms with Gasteiger partial charge >= 0.3 is 6.55 Å². The molecule has 1 saturated heterocycles. The van der Waals surface area contributed by atoms with Gasteiger partial charge in [0.25, 0.3) is 0 Å². The third-order valence-electron chi connectivity index (χ3n) is 4.62. The number of alkyl halides is 2. The van der Waals surface area contributed by atoms with Crippen LogP contribution in [-0.4, -0.2) is 27.8 Å². The van der Waals surface area contributed by atoms with Crippen LogP contribution in [0.4, 0.5) is 8.78 Å². The number of likely N-dealkylation sites (tertiary alicyclic amines) is 1. The molecule has 2 aromatic rings. The van der Waals surface area contributed by atoms with Crippen molar-refractivity contribution in [1.82, 2.24) is 14.7 Å². The van der Waals surface area contributed by atoms with E-state index in [4.69, 9.17) is 0 Å². The Bertz CT molecular complexity index is 628. The van der Waals surface area contributed by atoms with Crippen molar-refractivity contribution in [2.24, 2.45) is 0 Å². The number of halogens is 2. The maximum absolute atomic E-state index is 12.8. The zero-order valence-corrected chi connectivity index (χ0v) is 13.0. The Kier molecular flexibility index (Phi) is 4.25. The molecule has 1 fully saturated rings.